The van der Waals surface area contributed by atoms with Crippen molar-refractivity contribution in [2.24, 2.45) is 0 Å². The Bertz CT molecular complexity index is 1140. The van der Waals surface area contributed by atoms with E-state index in [0.717, 1.165) is 49.4 Å². The fourth-order valence-corrected chi connectivity index (χ4v) is 3.24. The van der Waals surface area contributed by atoms with Gasteiger partial charge in [-0.25, -0.2) is 0 Å². The second-order valence-electron chi connectivity index (χ2n) is 5.46. The molecule has 0 aliphatic rings. The number of para-hydroxylation sites is 2. The average Bonchev–Trinajstić information content (AvgIpc) is 3.05. The van der Waals surface area contributed by atoms with Crippen LogP contribution in [0.1, 0.15) is 5.56 Å². The highest BCUT2D eigenvalue weighted by Crippen LogP contribution is 2.40. The van der Waals surface area contributed by atoms with Crippen LogP contribution in [0.2, 0.25) is 0 Å². The molecule has 5 aromatic rings. The van der Waals surface area contributed by atoms with Crippen LogP contribution < -0.4 is 0 Å². The first-order valence-corrected chi connectivity index (χ1v) is 7.05. The Morgan fingerprint density at radius 1 is 0.619 bits per heavy atom. The monoisotopic (exact) mass is 272 g/mol. The summed E-state index contributed by atoms with van der Waals surface area (Å²) in [6, 6.07) is 18.4. The van der Waals surface area contributed by atoms with Crippen molar-refractivity contribution in [2.75, 3.05) is 0 Å². The molecule has 0 spiro atoms. The highest BCUT2D eigenvalue weighted by molar-refractivity contribution is 6.25. The lowest BCUT2D eigenvalue weighted by Crippen LogP contribution is -1.72. The third-order valence-corrected chi connectivity index (χ3v) is 4.20. The van der Waals surface area contributed by atoms with Crippen LogP contribution in [0.4, 0.5) is 0 Å². The van der Waals surface area contributed by atoms with Crippen LogP contribution in [0.5, 0.6) is 0 Å². The Morgan fingerprint density at radius 2 is 1.33 bits per heavy atom. The van der Waals surface area contributed by atoms with E-state index in [2.05, 4.69) is 31.2 Å². The molecule has 3 aromatic carbocycles. The Hall–Kier alpha value is -2.74. The van der Waals surface area contributed by atoms with Crippen molar-refractivity contribution < 1.29 is 8.83 Å². The molecule has 0 saturated heterocycles. The van der Waals surface area contributed by atoms with Crippen molar-refractivity contribution in [3.8, 4) is 0 Å². The molecule has 5 rings (SSSR count). The largest absolute Gasteiger partial charge is 0.456 e. The number of hydrogen-bond acceptors (Lipinski definition) is 2. The second kappa shape index (κ2) is 3.67. The van der Waals surface area contributed by atoms with Crippen molar-refractivity contribution >= 4 is 43.9 Å². The molecule has 2 nitrogen and oxygen atoms in total. The number of rotatable bonds is 0. The molecular weight excluding hydrogens is 260 g/mol. The molecule has 0 radical (unpaired) electrons. The Kier molecular flexibility index (Phi) is 1.92. The fourth-order valence-electron chi connectivity index (χ4n) is 3.24. The van der Waals surface area contributed by atoms with Gasteiger partial charge in [0.15, 0.2) is 0 Å². The predicted molar refractivity (Wildman–Crippen MR) is 85.7 cm³/mol. The number of benzene rings is 3. The van der Waals surface area contributed by atoms with Gasteiger partial charge in [-0.05, 0) is 30.7 Å². The van der Waals surface area contributed by atoms with Gasteiger partial charge in [-0.2, -0.15) is 0 Å². The third-order valence-electron chi connectivity index (χ3n) is 4.20. The van der Waals surface area contributed by atoms with Crippen molar-refractivity contribution in [2.45, 2.75) is 6.92 Å². The van der Waals surface area contributed by atoms with E-state index in [1.54, 1.807) is 0 Å². The molecule has 0 aliphatic heterocycles. The van der Waals surface area contributed by atoms with Gasteiger partial charge in [0.2, 0.25) is 0 Å². The molecular formula is C19H12O2. The van der Waals surface area contributed by atoms with Gasteiger partial charge in [-0.1, -0.05) is 36.4 Å². The van der Waals surface area contributed by atoms with E-state index in [1.807, 2.05) is 30.3 Å². The van der Waals surface area contributed by atoms with Gasteiger partial charge >= 0.3 is 0 Å². The van der Waals surface area contributed by atoms with Crippen LogP contribution in [-0.4, -0.2) is 0 Å². The summed E-state index contributed by atoms with van der Waals surface area (Å²) in [5.41, 5.74) is 4.86. The standard InChI is InChI=1S/C19H12O2/c1-11-5-4-7-13-18-16(21-19(11)13)10-9-15-17(18)12-6-2-3-8-14(12)20-15/h2-10H,1H3. The zero-order chi connectivity index (χ0) is 14.0. The maximum atomic E-state index is 6.07. The van der Waals surface area contributed by atoms with E-state index in [9.17, 15) is 0 Å². The number of aryl methyl sites for hydroxylation is 1. The Labute approximate surface area is 120 Å². The molecule has 2 aromatic heterocycles. The van der Waals surface area contributed by atoms with E-state index in [4.69, 9.17) is 8.83 Å². The molecule has 0 unspecified atom stereocenters. The summed E-state index contributed by atoms with van der Waals surface area (Å²) in [6.45, 7) is 2.08. The van der Waals surface area contributed by atoms with E-state index in [1.165, 1.54) is 0 Å². The van der Waals surface area contributed by atoms with Gasteiger partial charge in [0.05, 0.1) is 0 Å². The first-order chi connectivity index (χ1) is 10.3. The molecule has 0 atom stereocenters. The van der Waals surface area contributed by atoms with Crippen molar-refractivity contribution in [3.05, 3.63) is 60.2 Å². The van der Waals surface area contributed by atoms with Crippen molar-refractivity contribution in [3.63, 3.8) is 0 Å². The Morgan fingerprint density at radius 3 is 2.24 bits per heavy atom. The van der Waals surface area contributed by atoms with Crippen molar-refractivity contribution in [1.29, 1.82) is 0 Å². The summed E-state index contributed by atoms with van der Waals surface area (Å²) in [5.74, 6) is 0. The molecule has 0 bridgehead atoms. The van der Waals surface area contributed by atoms with Gasteiger partial charge < -0.3 is 8.83 Å². The lowest BCUT2D eigenvalue weighted by atomic mass is 10.0. The van der Waals surface area contributed by atoms with E-state index in [-0.39, 0.29) is 0 Å². The average molecular weight is 272 g/mol. The molecule has 0 amide bonds. The molecule has 100 valence electrons. The SMILES string of the molecule is Cc1cccc2c1oc1ccc3oc4ccccc4c3c12. The predicted octanol–water partition coefficient (Wildman–Crippen LogP) is 5.79. The zero-order valence-electron chi connectivity index (χ0n) is 11.5. The van der Waals surface area contributed by atoms with Crippen LogP contribution in [0.25, 0.3) is 43.9 Å². The van der Waals surface area contributed by atoms with E-state index in [0.29, 0.717) is 0 Å². The summed E-state index contributed by atoms with van der Waals surface area (Å²) >= 11 is 0. The lowest BCUT2D eigenvalue weighted by molar-refractivity contribution is 0.661. The molecule has 0 aliphatic carbocycles. The molecule has 0 saturated carbocycles. The minimum absolute atomic E-state index is 0.910. The number of fused-ring (bicyclic) bond motifs is 7. The summed E-state index contributed by atoms with van der Waals surface area (Å²) in [7, 11) is 0. The van der Waals surface area contributed by atoms with Crippen LogP contribution in [0.15, 0.2) is 63.4 Å². The fraction of sp³-hybridized carbons (Fsp3) is 0.0526. The highest BCUT2D eigenvalue weighted by Gasteiger charge is 2.16. The van der Waals surface area contributed by atoms with Crippen LogP contribution in [-0.2, 0) is 0 Å². The first-order valence-electron chi connectivity index (χ1n) is 7.05. The summed E-state index contributed by atoms with van der Waals surface area (Å²) < 4.78 is 12.0. The molecule has 2 heteroatoms. The first kappa shape index (κ1) is 11.0. The van der Waals surface area contributed by atoms with Crippen LogP contribution in [0.3, 0.4) is 0 Å². The quantitative estimate of drug-likeness (QED) is 0.356. The maximum Gasteiger partial charge on any atom is 0.138 e. The number of furan rings is 2. The lowest BCUT2D eigenvalue weighted by Gasteiger charge is -1.94. The van der Waals surface area contributed by atoms with Gasteiger partial charge in [0.25, 0.3) is 0 Å². The Balaban J connectivity index is 2.17. The minimum Gasteiger partial charge on any atom is -0.456 e. The summed E-state index contributed by atoms with van der Waals surface area (Å²) in [6.07, 6.45) is 0. The van der Waals surface area contributed by atoms with E-state index >= 15 is 0 Å². The number of hydrogen-bond donors (Lipinski definition) is 0. The highest BCUT2D eigenvalue weighted by atomic mass is 16.3. The van der Waals surface area contributed by atoms with Gasteiger partial charge in [0.1, 0.15) is 22.3 Å². The molecule has 0 N–H and O–H groups in total. The third kappa shape index (κ3) is 1.32. The topological polar surface area (TPSA) is 26.3 Å². The van der Waals surface area contributed by atoms with Gasteiger partial charge in [-0.3, -0.25) is 0 Å². The molecule has 21 heavy (non-hydrogen) atoms. The van der Waals surface area contributed by atoms with E-state index < -0.39 is 0 Å². The summed E-state index contributed by atoms with van der Waals surface area (Å²) in [5, 5.41) is 4.59. The zero-order valence-corrected chi connectivity index (χ0v) is 11.5. The minimum atomic E-state index is 0.910. The van der Waals surface area contributed by atoms with Crippen LogP contribution >= 0.6 is 0 Å². The normalized spacial score (nSPS) is 12.0. The van der Waals surface area contributed by atoms with Gasteiger partial charge in [-0.15, -0.1) is 0 Å². The van der Waals surface area contributed by atoms with Gasteiger partial charge in [0, 0.05) is 21.5 Å². The van der Waals surface area contributed by atoms with Crippen molar-refractivity contribution in [1.82, 2.24) is 0 Å². The molecule has 0 fully saturated rings. The van der Waals surface area contributed by atoms with Crippen LogP contribution in [0, 0.1) is 6.92 Å². The maximum absolute atomic E-state index is 6.07. The smallest absolute Gasteiger partial charge is 0.138 e. The molecule has 2 heterocycles. The second-order valence-corrected chi connectivity index (χ2v) is 5.46. The summed E-state index contributed by atoms with van der Waals surface area (Å²) in [4.78, 5) is 0.